The number of aromatic nitrogens is 1. The third-order valence-electron chi connectivity index (χ3n) is 4.78. The number of nitrogens with zero attached hydrogens (tertiary/aromatic N) is 3. The van der Waals surface area contributed by atoms with Crippen LogP contribution in [0.3, 0.4) is 0 Å². The molecule has 3 rings (SSSR count). The Balaban J connectivity index is 2.01. The maximum absolute atomic E-state index is 12.7. The van der Waals surface area contributed by atoms with E-state index in [0.717, 1.165) is 11.3 Å². The average Bonchev–Trinajstić information content (AvgIpc) is 3.17. The molecule has 0 aliphatic carbocycles. The summed E-state index contributed by atoms with van der Waals surface area (Å²) in [5.74, 6) is 0.149. The third-order valence-corrected chi connectivity index (χ3v) is 5.82. The Bertz CT molecular complexity index is 1350. The zero-order chi connectivity index (χ0) is 25.5. The number of benzene rings is 2. The van der Waals surface area contributed by atoms with Gasteiger partial charge >= 0.3 is 5.97 Å². The fourth-order valence-corrected chi connectivity index (χ4v) is 4.31. The SMILES string of the molecule is CCOC(=O)Cn1c(=NC(=O)/C=C\c2cc(OC)c(OC)c(OC)c2)sc2cc([N+](=O)[O-])ccc21. The number of thiazole rings is 1. The Morgan fingerprint density at radius 2 is 1.80 bits per heavy atom. The fraction of sp³-hybridized carbons (Fsp3) is 0.261. The number of carbonyl (C=O) groups is 2. The lowest BCUT2D eigenvalue weighted by molar-refractivity contribution is -0.384. The van der Waals surface area contributed by atoms with Gasteiger partial charge in [-0.05, 0) is 36.8 Å². The molecule has 1 aromatic heterocycles. The number of rotatable bonds is 9. The van der Waals surface area contributed by atoms with Crippen LogP contribution in [-0.2, 0) is 20.9 Å². The van der Waals surface area contributed by atoms with Gasteiger partial charge < -0.3 is 23.5 Å². The van der Waals surface area contributed by atoms with E-state index >= 15 is 0 Å². The van der Waals surface area contributed by atoms with E-state index in [4.69, 9.17) is 18.9 Å². The number of amides is 1. The monoisotopic (exact) mass is 501 g/mol. The topological polar surface area (TPSA) is 131 Å². The number of nitro benzene ring substituents is 1. The molecule has 0 saturated carbocycles. The van der Waals surface area contributed by atoms with Crippen LogP contribution < -0.4 is 19.0 Å². The van der Waals surface area contributed by atoms with Crippen molar-refractivity contribution in [1.82, 2.24) is 4.57 Å². The first-order chi connectivity index (χ1) is 16.8. The smallest absolute Gasteiger partial charge is 0.326 e. The van der Waals surface area contributed by atoms with Crippen molar-refractivity contribution in [1.29, 1.82) is 0 Å². The maximum Gasteiger partial charge on any atom is 0.326 e. The number of hydrogen-bond donors (Lipinski definition) is 0. The van der Waals surface area contributed by atoms with Gasteiger partial charge in [0.15, 0.2) is 16.3 Å². The number of methoxy groups -OCH3 is 3. The highest BCUT2D eigenvalue weighted by Gasteiger charge is 2.15. The van der Waals surface area contributed by atoms with Crippen LogP contribution in [0.2, 0.25) is 0 Å². The van der Waals surface area contributed by atoms with Crippen molar-refractivity contribution in [2.45, 2.75) is 13.5 Å². The van der Waals surface area contributed by atoms with Crippen LogP contribution in [0.15, 0.2) is 41.4 Å². The Kier molecular flexibility index (Phi) is 8.21. The largest absolute Gasteiger partial charge is 0.493 e. The second kappa shape index (κ2) is 11.3. The zero-order valence-corrected chi connectivity index (χ0v) is 20.3. The van der Waals surface area contributed by atoms with Gasteiger partial charge in [-0.1, -0.05) is 11.3 Å². The minimum Gasteiger partial charge on any atom is -0.493 e. The summed E-state index contributed by atoms with van der Waals surface area (Å²) in [7, 11) is 4.46. The molecule has 0 bridgehead atoms. The van der Waals surface area contributed by atoms with E-state index in [-0.39, 0.29) is 23.6 Å². The van der Waals surface area contributed by atoms with Crippen molar-refractivity contribution in [3.63, 3.8) is 0 Å². The van der Waals surface area contributed by atoms with Crippen molar-refractivity contribution in [2.24, 2.45) is 4.99 Å². The first kappa shape index (κ1) is 25.4. The molecule has 0 spiro atoms. The zero-order valence-electron chi connectivity index (χ0n) is 19.5. The highest BCUT2D eigenvalue weighted by Crippen LogP contribution is 2.38. The fourth-order valence-electron chi connectivity index (χ4n) is 3.25. The molecule has 0 unspecified atom stereocenters. The summed E-state index contributed by atoms with van der Waals surface area (Å²) in [5, 5.41) is 11.1. The molecular weight excluding hydrogens is 478 g/mol. The number of fused-ring (bicyclic) bond motifs is 1. The van der Waals surface area contributed by atoms with Gasteiger partial charge in [0.2, 0.25) is 5.75 Å². The molecule has 0 N–H and O–H groups in total. The standard InChI is InChI=1S/C23H23N3O8S/c1-5-34-21(28)13-25-16-8-7-15(26(29)30)12-19(16)35-23(25)24-20(27)9-6-14-10-17(31-2)22(33-4)18(11-14)32-3/h6-12H,5,13H2,1-4H3/b9-6-,24-23?. The first-order valence-corrected chi connectivity index (χ1v) is 11.1. The summed E-state index contributed by atoms with van der Waals surface area (Å²) in [6.07, 6.45) is 2.78. The van der Waals surface area contributed by atoms with E-state index in [1.165, 1.54) is 56.2 Å². The second-order valence-corrected chi connectivity index (χ2v) is 7.94. The quantitative estimate of drug-likeness (QED) is 0.189. The van der Waals surface area contributed by atoms with Crippen LogP contribution in [0.25, 0.3) is 16.3 Å². The summed E-state index contributed by atoms with van der Waals surface area (Å²) < 4.78 is 22.9. The number of carbonyl (C=O) groups excluding carboxylic acids is 2. The third kappa shape index (κ3) is 5.84. The van der Waals surface area contributed by atoms with Crippen molar-refractivity contribution < 1.29 is 33.5 Å². The van der Waals surface area contributed by atoms with E-state index in [1.807, 2.05) is 0 Å². The molecule has 0 fully saturated rings. The van der Waals surface area contributed by atoms with Gasteiger partial charge in [0.1, 0.15) is 6.54 Å². The molecule has 11 nitrogen and oxygen atoms in total. The van der Waals surface area contributed by atoms with Crippen molar-refractivity contribution >= 4 is 45.2 Å². The summed E-state index contributed by atoms with van der Waals surface area (Å²) in [4.78, 5) is 39.7. The molecule has 1 amide bonds. The molecule has 0 atom stereocenters. The van der Waals surface area contributed by atoms with Gasteiger partial charge in [-0.25, -0.2) is 0 Å². The highest BCUT2D eigenvalue weighted by atomic mass is 32.1. The molecule has 0 aliphatic rings. The molecule has 2 aromatic carbocycles. The van der Waals surface area contributed by atoms with Gasteiger partial charge in [0.05, 0.1) is 43.1 Å². The Morgan fingerprint density at radius 1 is 1.11 bits per heavy atom. The van der Waals surface area contributed by atoms with E-state index in [1.54, 1.807) is 19.1 Å². The van der Waals surface area contributed by atoms with Crippen LogP contribution in [-0.4, -0.2) is 49.3 Å². The minimum atomic E-state index is -0.600. The first-order valence-electron chi connectivity index (χ1n) is 10.3. The normalized spacial score (nSPS) is 11.6. The predicted octanol–water partition coefficient (Wildman–Crippen LogP) is 3.34. The lowest BCUT2D eigenvalue weighted by Gasteiger charge is -2.12. The van der Waals surface area contributed by atoms with Gasteiger partial charge in [-0.2, -0.15) is 4.99 Å². The van der Waals surface area contributed by atoms with E-state index in [2.05, 4.69) is 4.99 Å². The van der Waals surface area contributed by atoms with Crippen molar-refractivity contribution in [3.8, 4) is 17.2 Å². The molecule has 12 heteroatoms. The molecule has 0 saturated heterocycles. The molecule has 35 heavy (non-hydrogen) atoms. The number of ether oxygens (including phenoxy) is 4. The maximum atomic E-state index is 12.7. The summed E-state index contributed by atoms with van der Waals surface area (Å²) in [5.41, 5.74) is 1.02. The van der Waals surface area contributed by atoms with E-state index < -0.39 is 16.8 Å². The van der Waals surface area contributed by atoms with E-state index in [9.17, 15) is 19.7 Å². The predicted molar refractivity (Wildman–Crippen MR) is 129 cm³/mol. The number of hydrogen-bond acceptors (Lipinski definition) is 9. The van der Waals surface area contributed by atoms with Crippen LogP contribution in [0.1, 0.15) is 12.5 Å². The van der Waals surface area contributed by atoms with Gasteiger partial charge in [-0.3, -0.25) is 19.7 Å². The Hall–Kier alpha value is -4.19. The molecule has 0 radical (unpaired) electrons. The van der Waals surface area contributed by atoms with E-state index in [0.29, 0.717) is 33.0 Å². The summed E-state index contributed by atoms with van der Waals surface area (Å²) in [6, 6.07) is 7.55. The van der Waals surface area contributed by atoms with Crippen molar-refractivity contribution in [3.05, 3.63) is 56.9 Å². The molecule has 3 aromatic rings. The Morgan fingerprint density at radius 3 is 2.37 bits per heavy atom. The number of esters is 1. The Labute approximate surface area is 204 Å². The molecule has 184 valence electrons. The number of non-ortho nitro benzene ring substituents is 1. The average molecular weight is 502 g/mol. The highest BCUT2D eigenvalue weighted by molar-refractivity contribution is 7.16. The minimum absolute atomic E-state index is 0.109. The lowest BCUT2D eigenvalue weighted by atomic mass is 10.1. The van der Waals surface area contributed by atoms with Gasteiger partial charge in [0.25, 0.3) is 11.6 Å². The number of nitro groups is 1. The molecule has 1 heterocycles. The van der Waals surface area contributed by atoms with Crippen LogP contribution in [0.5, 0.6) is 17.2 Å². The van der Waals surface area contributed by atoms with Gasteiger partial charge in [-0.15, -0.1) is 0 Å². The van der Waals surface area contributed by atoms with Crippen LogP contribution in [0, 0.1) is 10.1 Å². The summed E-state index contributed by atoms with van der Waals surface area (Å²) >= 11 is 1.06. The van der Waals surface area contributed by atoms with Crippen LogP contribution >= 0.6 is 11.3 Å². The molecule has 0 aliphatic heterocycles. The van der Waals surface area contributed by atoms with Crippen molar-refractivity contribution in [2.75, 3.05) is 27.9 Å². The van der Waals surface area contributed by atoms with Crippen LogP contribution in [0.4, 0.5) is 5.69 Å². The second-order valence-electron chi connectivity index (χ2n) is 6.93. The van der Waals surface area contributed by atoms with Gasteiger partial charge in [0, 0.05) is 18.2 Å². The molecular formula is C23H23N3O8S. The summed E-state index contributed by atoms with van der Waals surface area (Å²) in [6.45, 7) is 1.67. The lowest BCUT2D eigenvalue weighted by Crippen LogP contribution is -2.22.